The van der Waals surface area contributed by atoms with Crippen LogP contribution < -0.4 is 10.1 Å². The van der Waals surface area contributed by atoms with E-state index >= 15 is 0 Å². The molecule has 0 fully saturated rings. The molecule has 0 aliphatic carbocycles. The van der Waals surface area contributed by atoms with Crippen molar-refractivity contribution in [2.75, 3.05) is 13.7 Å². The Morgan fingerprint density at radius 2 is 1.88 bits per heavy atom. The minimum Gasteiger partial charge on any atom is -0.497 e. The van der Waals surface area contributed by atoms with Crippen LogP contribution in [0.4, 0.5) is 0 Å². The molecule has 1 amide bonds. The molecule has 6 nitrogen and oxygen atoms in total. The van der Waals surface area contributed by atoms with Crippen LogP contribution in [0.15, 0.2) is 71.2 Å². The number of thioether (sulfide) groups is 1. The Balaban J connectivity index is 1.63. The summed E-state index contributed by atoms with van der Waals surface area (Å²) in [6, 6.07) is 19.6. The van der Waals surface area contributed by atoms with Gasteiger partial charge >= 0.3 is 0 Å². The van der Waals surface area contributed by atoms with Crippen molar-refractivity contribution in [2.45, 2.75) is 24.8 Å². The summed E-state index contributed by atoms with van der Waals surface area (Å²) in [6.45, 7) is 4.81. The Morgan fingerprint density at radius 3 is 2.58 bits per heavy atom. The van der Waals surface area contributed by atoms with Gasteiger partial charge in [-0.15, -0.1) is 21.5 Å². The Labute approximate surface area is 202 Å². The predicted octanol–water partition coefficient (Wildman–Crippen LogP) is 5.68. The Morgan fingerprint density at radius 1 is 1.09 bits per heavy atom. The molecule has 0 saturated carbocycles. The molecule has 2 aromatic carbocycles. The Hall–Kier alpha value is -3.10. The van der Waals surface area contributed by atoms with E-state index in [1.165, 1.54) is 0 Å². The van der Waals surface area contributed by atoms with E-state index in [0.717, 1.165) is 32.9 Å². The fourth-order valence-corrected chi connectivity index (χ4v) is 4.95. The van der Waals surface area contributed by atoms with Crippen LogP contribution in [-0.4, -0.2) is 34.3 Å². The van der Waals surface area contributed by atoms with Crippen LogP contribution >= 0.6 is 23.1 Å². The van der Waals surface area contributed by atoms with Gasteiger partial charge in [0.15, 0.2) is 11.0 Å². The topological polar surface area (TPSA) is 69.0 Å². The number of hydrogen-bond acceptors (Lipinski definition) is 6. The summed E-state index contributed by atoms with van der Waals surface area (Å²) in [5, 5.41) is 14.8. The molecule has 0 unspecified atom stereocenters. The van der Waals surface area contributed by atoms with Crippen LogP contribution in [0.5, 0.6) is 5.75 Å². The second-order valence-electron chi connectivity index (χ2n) is 7.87. The lowest BCUT2D eigenvalue weighted by atomic mass is 10.1. The summed E-state index contributed by atoms with van der Waals surface area (Å²) < 4.78 is 7.37. The highest BCUT2D eigenvalue weighted by atomic mass is 32.2. The van der Waals surface area contributed by atoms with E-state index in [4.69, 9.17) is 4.74 Å². The zero-order valence-corrected chi connectivity index (χ0v) is 20.5. The smallest absolute Gasteiger partial charge is 0.251 e. The van der Waals surface area contributed by atoms with Crippen molar-refractivity contribution in [3.63, 3.8) is 0 Å². The highest BCUT2D eigenvalue weighted by molar-refractivity contribution is 7.98. The number of rotatable bonds is 9. The van der Waals surface area contributed by atoms with Crippen LogP contribution in [-0.2, 0) is 5.75 Å². The predicted molar refractivity (Wildman–Crippen MR) is 134 cm³/mol. The maximum atomic E-state index is 12.7. The Kier molecular flexibility index (Phi) is 7.47. The van der Waals surface area contributed by atoms with Crippen LogP contribution in [0.2, 0.25) is 0 Å². The largest absolute Gasteiger partial charge is 0.497 e. The molecule has 0 atom stereocenters. The molecule has 0 radical (unpaired) electrons. The van der Waals surface area contributed by atoms with Gasteiger partial charge in [-0.1, -0.05) is 49.9 Å². The van der Waals surface area contributed by atoms with Gasteiger partial charge in [0, 0.05) is 17.9 Å². The van der Waals surface area contributed by atoms with Crippen molar-refractivity contribution < 1.29 is 9.53 Å². The van der Waals surface area contributed by atoms with Gasteiger partial charge in [0.05, 0.1) is 17.7 Å². The van der Waals surface area contributed by atoms with Crippen molar-refractivity contribution in [2.24, 2.45) is 5.92 Å². The third-order valence-electron chi connectivity index (χ3n) is 5.00. The maximum absolute atomic E-state index is 12.7. The van der Waals surface area contributed by atoms with E-state index in [1.54, 1.807) is 30.2 Å². The minimum atomic E-state index is -0.0456. The summed E-state index contributed by atoms with van der Waals surface area (Å²) in [5.74, 6) is 2.54. The molecule has 170 valence electrons. The first-order chi connectivity index (χ1) is 16.1. The molecule has 33 heavy (non-hydrogen) atoms. The van der Waals surface area contributed by atoms with Crippen LogP contribution in [0, 0.1) is 5.92 Å². The number of hydrogen-bond donors (Lipinski definition) is 1. The molecule has 4 aromatic rings. The van der Waals surface area contributed by atoms with Crippen molar-refractivity contribution in [3.8, 4) is 22.1 Å². The standard InChI is InChI=1S/C25H26N4O2S2/c1-17(2)15-26-24(30)21-8-5-4-7-18(21)16-33-25-28-27-23(22-9-6-14-32-22)29(25)19-10-12-20(31-3)13-11-19/h4-14,17H,15-16H2,1-3H3,(H,26,30). The molecule has 0 bridgehead atoms. The first-order valence-electron chi connectivity index (χ1n) is 10.7. The average Bonchev–Trinajstić information content (AvgIpc) is 3.51. The molecular weight excluding hydrogens is 452 g/mol. The SMILES string of the molecule is COc1ccc(-n2c(SCc3ccccc3C(=O)NCC(C)C)nnc2-c2cccs2)cc1. The summed E-state index contributed by atoms with van der Waals surface area (Å²) >= 11 is 3.19. The molecular formula is C25H26N4O2S2. The number of carbonyl (C=O) groups is 1. The van der Waals surface area contributed by atoms with E-state index in [2.05, 4.69) is 33.9 Å². The number of thiophene rings is 1. The van der Waals surface area contributed by atoms with Gasteiger partial charge in [0.2, 0.25) is 0 Å². The highest BCUT2D eigenvalue weighted by Crippen LogP contribution is 2.32. The summed E-state index contributed by atoms with van der Waals surface area (Å²) in [4.78, 5) is 13.8. The number of aromatic nitrogens is 3. The number of ether oxygens (including phenoxy) is 1. The van der Waals surface area contributed by atoms with Gasteiger partial charge in [0.25, 0.3) is 5.91 Å². The van der Waals surface area contributed by atoms with Crippen molar-refractivity contribution >= 4 is 29.0 Å². The number of amides is 1. The Bertz CT molecular complexity index is 1200. The lowest BCUT2D eigenvalue weighted by molar-refractivity contribution is 0.0948. The lowest BCUT2D eigenvalue weighted by Gasteiger charge is -2.13. The number of nitrogens with one attached hydrogen (secondary N) is 1. The van der Waals surface area contributed by atoms with Gasteiger partial charge in [-0.2, -0.15) is 0 Å². The second-order valence-corrected chi connectivity index (χ2v) is 9.76. The first-order valence-corrected chi connectivity index (χ1v) is 12.6. The molecule has 0 aliphatic rings. The number of benzene rings is 2. The van der Waals surface area contributed by atoms with Gasteiger partial charge in [0.1, 0.15) is 5.75 Å². The van der Waals surface area contributed by atoms with E-state index in [-0.39, 0.29) is 5.91 Å². The average molecular weight is 479 g/mol. The van der Waals surface area contributed by atoms with E-state index in [1.807, 2.05) is 66.0 Å². The van der Waals surface area contributed by atoms with Crippen molar-refractivity contribution in [1.29, 1.82) is 0 Å². The monoisotopic (exact) mass is 478 g/mol. The molecule has 0 spiro atoms. The van der Waals surface area contributed by atoms with Crippen molar-refractivity contribution in [1.82, 2.24) is 20.1 Å². The van der Waals surface area contributed by atoms with Gasteiger partial charge < -0.3 is 10.1 Å². The fraction of sp³-hybridized carbons (Fsp3) is 0.240. The quantitative estimate of drug-likeness (QED) is 0.313. The normalized spacial score (nSPS) is 11.0. The second kappa shape index (κ2) is 10.7. The molecule has 1 N–H and O–H groups in total. The molecule has 0 saturated heterocycles. The zero-order valence-electron chi connectivity index (χ0n) is 18.8. The van der Waals surface area contributed by atoms with E-state index in [0.29, 0.717) is 23.8 Å². The van der Waals surface area contributed by atoms with E-state index < -0.39 is 0 Å². The third-order valence-corrected chi connectivity index (χ3v) is 6.84. The molecule has 2 heterocycles. The van der Waals surface area contributed by atoms with E-state index in [9.17, 15) is 4.79 Å². The van der Waals surface area contributed by atoms with Crippen LogP contribution in [0.1, 0.15) is 29.8 Å². The lowest BCUT2D eigenvalue weighted by Crippen LogP contribution is -2.28. The minimum absolute atomic E-state index is 0.0456. The van der Waals surface area contributed by atoms with Gasteiger partial charge in [-0.3, -0.25) is 9.36 Å². The molecule has 8 heteroatoms. The van der Waals surface area contributed by atoms with Crippen LogP contribution in [0.25, 0.3) is 16.4 Å². The summed E-state index contributed by atoms with van der Waals surface area (Å²) in [5.41, 5.74) is 2.61. The third kappa shape index (κ3) is 5.46. The highest BCUT2D eigenvalue weighted by Gasteiger charge is 2.18. The van der Waals surface area contributed by atoms with Gasteiger partial charge in [-0.25, -0.2) is 0 Å². The van der Waals surface area contributed by atoms with Crippen LogP contribution in [0.3, 0.4) is 0 Å². The summed E-state index contributed by atoms with van der Waals surface area (Å²) in [7, 11) is 1.65. The fourth-order valence-electron chi connectivity index (χ4n) is 3.29. The molecule has 0 aliphatic heterocycles. The number of carbonyl (C=O) groups excluding carboxylic acids is 1. The molecule has 4 rings (SSSR count). The first kappa shape index (κ1) is 23.1. The van der Waals surface area contributed by atoms with Crippen molar-refractivity contribution in [3.05, 3.63) is 77.2 Å². The van der Waals surface area contributed by atoms with Gasteiger partial charge in [-0.05, 0) is 53.3 Å². The number of methoxy groups -OCH3 is 1. The zero-order chi connectivity index (χ0) is 23.2. The summed E-state index contributed by atoms with van der Waals surface area (Å²) in [6.07, 6.45) is 0. The number of nitrogens with zero attached hydrogens (tertiary/aromatic N) is 3. The maximum Gasteiger partial charge on any atom is 0.251 e. The molecule has 2 aromatic heterocycles.